The zero-order valence-corrected chi connectivity index (χ0v) is 7.38. The summed E-state index contributed by atoms with van der Waals surface area (Å²) in [5.74, 6) is 0. The van der Waals surface area contributed by atoms with Crippen molar-refractivity contribution < 1.29 is 0 Å². The van der Waals surface area contributed by atoms with Gasteiger partial charge in [-0.15, -0.1) is 0 Å². The van der Waals surface area contributed by atoms with Gasteiger partial charge in [-0.05, 0) is 19.3 Å². The van der Waals surface area contributed by atoms with Crippen LogP contribution < -0.4 is 5.09 Å². The Kier molecular flexibility index (Phi) is 2.49. The number of rotatable bonds is 1. The lowest BCUT2D eigenvalue weighted by Gasteiger charge is -2.25. The standard InChI is InChI=1S/C7H17NP/c1-8-9(2)6-4-3-5-7-9/h8H,3-7H2,1-2H3/q+1. The van der Waals surface area contributed by atoms with Gasteiger partial charge in [0.2, 0.25) is 0 Å². The number of hydrogen-bond acceptors (Lipinski definition) is 1. The summed E-state index contributed by atoms with van der Waals surface area (Å²) in [6.07, 6.45) is 7.35. The molecule has 1 rings (SSSR count). The molecule has 0 unspecified atom stereocenters. The fourth-order valence-corrected chi connectivity index (χ4v) is 3.95. The third-order valence-electron chi connectivity index (χ3n) is 2.34. The zero-order chi connectivity index (χ0) is 6.74. The fourth-order valence-electron chi connectivity index (χ4n) is 1.43. The normalized spacial score (nSPS) is 26.0. The Morgan fingerprint density at radius 3 is 2.00 bits per heavy atom. The van der Waals surface area contributed by atoms with E-state index < -0.39 is 7.41 Å². The quantitative estimate of drug-likeness (QED) is 0.557. The minimum Gasteiger partial charge on any atom is -0.196 e. The van der Waals surface area contributed by atoms with E-state index in [1.807, 2.05) is 0 Å². The molecular formula is C7H17NP+. The van der Waals surface area contributed by atoms with Crippen LogP contribution in [0.15, 0.2) is 0 Å². The van der Waals surface area contributed by atoms with Crippen LogP contribution in [-0.2, 0) is 0 Å². The fraction of sp³-hybridized carbons (Fsp3) is 1.00. The van der Waals surface area contributed by atoms with Gasteiger partial charge < -0.3 is 0 Å². The van der Waals surface area contributed by atoms with Crippen LogP contribution in [0.3, 0.4) is 0 Å². The van der Waals surface area contributed by atoms with Crippen LogP contribution >= 0.6 is 7.41 Å². The van der Waals surface area contributed by atoms with E-state index in [2.05, 4.69) is 18.8 Å². The van der Waals surface area contributed by atoms with Gasteiger partial charge in [-0.25, -0.2) is 0 Å². The molecule has 0 amide bonds. The summed E-state index contributed by atoms with van der Waals surface area (Å²) in [5.41, 5.74) is 0. The van der Waals surface area contributed by atoms with Crippen LogP contribution in [-0.4, -0.2) is 26.0 Å². The Morgan fingerprint density at radius 2 is 1.67 bits per heavy atom. The summed E-state index contributed by atoms with van der Waals surface area (Å²) in [6.45, 7) is 2.44. The Hall–Kier alpha value is 0.390. The van der Waals surface area contributed by atoms with Gasteiger partial charge in [0.05, 0.1) is 26.4 Å². The molecule has 1 heterocycles. The topological polar surface area (TPSA) is 12.0 Å². The van der Waals surface area contributed by atoms with E-state index in [9.17, 15) is 0 Å². The van der Waals surface area contributed by atoms with Gasteiger partial charge in [-0.1, -0.05) is 0 Å². The van der Waals surface area contributed by atoms with Gasteiger partial charge in [0.1, 0.15) is 0 Å². The monoisotopic (exact) mass is 146 g/mol. The molecule has 0 atom stereocenters. The largest absolute Gasteiger partial charge is 0.196 e. The molecule has 1 aliphatic heterocycles. The van der Waals surface area contributed by atoms with Gasteiger partial charge in [0.15, 0.2) is 0 Å². The summed E-state index contributed by atoms with van der Waals surface area (Å²) >= 11 is 0. The van der Waals surface area contributed by atoms with Gasteiger partial charge >= 0.3 is 0 Å². The summed E-state index contributed by atoms with van der Waals surface area (Å²) in [6, 6.07) is 0. The highest BCUT2D eigenvalue weighted by Gasteiger charge is 2.31. The van der Waals surface area contributed by atoms with E-state index in [-0.39, 0.29) is 0 Å². The average molecular weight is 146 g/mol. The Labute approximate surface area is 58.6 Å². The van der Waals surface area contributed by atoms with Gasteiger partial charge in [0, 0.05) is 7.05 Å². The summed E-state index contributed by atoms with van der Waals surface area (Å²) < 4.78 is 0. The molecule has 9 heavy (non-hydrogen) atoms. The van der Waals surface area contributed by atoms with Crippen molar-refractivity contribution in [2.45, 2.75) is 19.3 Å². The first-order valence-corrected chi connectivity index (χ1v) is 6.41. The third-order valence-corrected chi connectivity index (χ3v) is 6.03. The first-order valence-electron chi connectivity index (χ1n) is 3.80. The van der Waals surface area contributed by atoms with Crippen molar-refractivity contribution in [1.82, 2.24) is 5.09 Å². The predicted molar refractivity (Wildman–Crippen MR) is 45.5 cm³/mol. The second-order valence-electron chi connectivity index (χ2n) is 3.13. The van der Waals surface area contributed by atoms with Crippen LogP contribution in [0.1, 0.15) is 19.3 Å². The summed E-state index contributed by atoms with van der Waals surface area (Å²) in [7, 11) is 1.53. The molecule has 1 saturated heterocycles. The lowest BCUT2D eigenvalue weighted by Crippen LogP contribution is -2.19. The molecular weight excluding hydrogens is 129 g/mol. The van der Waals surface area contributed by atoms with Crippen molar-refractivity contribution in [2.75, 3.05) is 26.0 Å². The highest BCUT2D eigenvalue weighted by Crippen LogP contribution is 2.54. The van der Waals surface area contributed by atoms with E-state index in [0.29, 0.717) is 0 Å². The molecule has 0 saturated carbocycles. The second kappa shape index (κ2) is 2.98. The van der Waals surface area contributed by atoms with E-state index in [4.69, 9.17) is 0 Å². The van der Waals surface area contributed by atoms with Crippen LogP contribution in [0, 0.1) is 0 Å². The van der Waals surface area contributed by atoms with Gasteiger partial charge in [0.25, 0.3) is 0 Å². The Balaban J connectivity index is 2.37. The van der Waals surface area contributed by atoms with Crippen molar-refractivity contribution >= 4 is 7.41 Å². The molecule has 0 spiro atoms. The Morgan fingerprint density at radius 1 is 1.11 bits per heavy atom. The highest BCUT2D eigenvalue weighted by molar-refractivity contribution is 7.73. The van der Waals surface area contributed by atoms with Crippen molar-refractivity contribution in [2.24, 2.45) is 0 Å². The molecule has 0 aliphatic carbocycles. The lowest BCUT2D eigenvalue weighted by atomic mass is 10.3. The number of nitrogens with one attached hydrogen (secondary N) is 1. The minimum atomic E-state index is -0.594. The number of hydrogen-bond donors (Lipinski definition) is 1. The van der Waals surface area contributed by atoms with E-state index in [1.54, 1.807) is 0 Å². The van der Waals surface area contributed by atoms with Gasteiger partial charge in [-0.2, -0.15) is 5.09 Å². The Bertz CT molecular complexity index is 86.9. The van der Waals surface area contributed by atoms with E-state index >= 15 is 0 Å². The molecule has 0 aromatic rings. The van der Waals surface area contributed by atoms with E-state index in [1.165, 1.54) is 31.6 Å². The lowest BCUT2D eigenvalue weighted by molar-refractivity contribution is 0.739. The summed E-state index contributed by atoms with van der Waals surface area (Å²) in [5, 5.41) is 3.49. The molecule has 1 nitrogen and oxygen atoms in total. The van der Waals surface area contributed by atoms with Crippen molar-refractivity contribution in [3.05, 3.63) is 0 Å². The maximum absolute atomic E-state index is 3.49. The predicted octanol–water partition coefficient (Wildman–Crippen LogP) is 1.95. The maximum atomic E-state index is 3.49. The van der Waals surface area contributed by atoms with Crippen LogP contribution in [0.25, 0.3) is 0 Å². The molecule has 0 radical (unpaired) electrons. The first kappa shape index (κ1) is 7.50. The van der Waals surface area contributed by atoms with E-state index in [0.717, 1.165) is 0 Å². The van der Waals surface area contributed by atoms with Crippen molar-refractivity contribution in [3.63, 3.8) is 0 Å². The maximum Gasteiger partial charge on any atom is 0.0766 e. The van der Waals surface area contributed by atoms with Crippen molar-refractivity contribution in [3.8, 4) is 0 Å². The zero-order valence-electron chi connectivity index (χ0n) is 6.48. The first-order chi connectivity index (χ1) is 4.27. The van der Waals surface area contributed by atoms with Crippen LogP contribution in [0.2, 0.25) is 0 Å². The molecule has 1 aliphatic rings. The molecule has 54 valence electrons. The molecule has 2 heteroatoms. The smallest absolute Gasteiger partial charge is 0.0766 e. The minimum absolute atomic E-state index is 0.594. The van der Waals surface area contributed by atoms with Gasteiger partial charge in [-0.3, -0.25) is 0 Å². The molecule has 1 fully saturated rings. The molecule has 0 aromatic carbocycles. The second-order valence-corrected chi connectivity index (χ2v) is 7.26. The molecule has 0 aromatic heterocycles. The molecule has 1 N–H and O–H groups in total. The summed E-state index contributed by atoms with van der Waals surface area (Å²) in [4.78, 5) is 0. The average Bonchev–Trinajstić information content (AvgIpc) is 1.90. The third kappa shape index (κ3) is 1.91. The highest BCUT2D eigenvalue weighted by atomic mass is 31.2. The van der Waals surface area contributed by atoms with Crippen molar-refractivity contribution in [1.29, 1.82) is 0 Å². The molecule has 0 bridgehead atoms. The van der Waals surface area contributed by atoms with Crippen LogP contribution in [0.5, 0.6) is 0 Å². The van der Waals surface area contributed by atoms with Crippen LogP contribution in [0.4, 0.5) is 0 Å². The SMILES string of the molecule is CN[P+]1(C)CCCCC1.